The standard InChI is InChI=1S/C26H34N6O2/c1-18-6-4-5-7-23(18)29-26-31-24(27-16-19-8-12-21(33-2)13-9-19)30-25(32-26)28-17-20-10-14-22(34-3)15-11-20/h8-15,18,23H,4-7,16-17H2,1-3H3,(H3,27,28,29,30,31,32). The minimum absolute atomic E-state index is 0.375. The summed E-state index contributed by atoms with van der Waals surface area (Å²) >= 11 is 0. The fourth-order valence-corrected chi connectivity index (χ4v) is 4.14. The summed E-state index contributed by atoms with van der Waals surface area (Å²) in [4.78, 5) is 13.9. The molecule has 1 aromatic heterocycles. The molecule has 2 atom stereocenters. The van der Waals surface area contributed by atoms with Crippen molar-refractivity contribution >= 4 is 17.8 Å². The third-order valence-corrected chi connectivity index (χ3v) is 6.28. The van der Waals surface area contributed by atoms with Crippen LogP contribution in [-0.4, -0.2) is 35.2 Å². The molecule has 2 unspecified atom stereocenters. The normalized spacial score (nSPS) is 17.6. The lowest BCUT2D eigenvalue weighted by molar-refractivity contribution is 0.348. The van der Waals surface area contributed by atoms with Crippen LogP contribution >= 0.6 is 0 Å². The number of aromatic nitrogens is 3. The van der Waals surface area contributed by atoms with Gasteiger partial charge < -0.3 is 25.4 Å². The van der Waals surface area contributed by atoms with Gasteiger partial charge in [-0.25, -0.2) is 0 Å². The Labute approximate surface area is 201 Å². The molecule has 1 aliphatic carbocycles. The second kappa shape index (κ2) is 11.5. The first-order chi connectivity index (χ1) is 16.6. The Morgan fingerprint density at radius 3 is 1.65 bits per heavy atom. The predicted molar refractivity (Wildman–Crippen MR) is 136 cm³/mol. The van der Waals surface area contributed by atoms with Crippen molar-refractivity contribution in [1.29, 1.82) is 0 Å². The number of methoxy groups -OCH3 is 2. The van der Waals surface area contributed by atoms with E-state index in [1.54, 1.807) is 14.2 Å². The van der Waals surface area contributed by atoms with Crippen LogP contribution in [-0.2, 0) is 13.1 Å². The highest BCUT2D eigenvalue weighted by molar-refractivity contribution is 5.44. The minimum atomic E-state index is 0.375. The first kappa shape index (κ1) is 23.6. The van der Waals surface area contributed by atoms with Crippen molar-refractivity contribution in [3.63, 3.8) is 0 Å². The maximum Gasteiger partial charge on any atom is 0.229 e. The lowest BCUT2D eigenvalue weighted by atomic mass is 9.86. The summed E-state index contributed by atoms with van der Waals surface area (Å²) in [5.74, 6) is 3.94. The molecule has 1 heterocycles. The molecule has 1 saturated carbocycles. The van der Waals surface area contributed by atoms with Gasteiger partial charge in [-0.05, 0) is 54.2 Å². The topological polar surface area (TPSA) is 93.2 Å². The molecule has 3 N–H and O–H groups in total. The van der Waals surface area contributed by atoms with Crippen LogP contribution in [0.4, 0.5) is 17.8 Å². The van der Waals surface area contributed by atoms with Crippen LogP contribution in [0.15, 0.2) is 48.5 Å². The zero-order valence-corrected chi connectivity index (χ0v) is 20.2. The van der Waals surface area contributed by atoms with E-state index in [9.17, 15) is 0 Å². The van der Waals surface area contributed by atoms with Gasteiger partial charge in [0.05, 0.1) is 14.2 Å². The fraction of sp³-hybridized carbons (Fsp3) is 0.423. The minimum Gasteiger partial charge on any atom is -0.497 e. The van der Waals surface area contributed by atoms with Gasteiger partial charge in [-0.2, -0.15) is 15.0 Å². The lowest BCUT2D eigenvalue weighted by Crippen LogP contribution is -2.31. The second-order valence-electron chi connectivity index (χ2n) is 8.72. The molecular weight excluding hydrogens is 428 g/mol. The van der Waals surface area contributed by atoms with Crippen molar-refractivity contribution < 1.29 is 9.47 Å². The third kappa shape index (κ3) is 6.50. The molecule has 0 radical (unpaired) electrons. The number of nitrogens with zero attached hydrogens (tertiary/aromatic N) is 3. The molecule has 4 rings (SSSR count). The average Bonchev–Trinajstić information content (AvgIpc) is 2.88. The van der Waals surface area contributed by atoms with Gasteiger partial charge in [0.25, 0.3) is 0 Å². The third-order valence-electron chi connectivity index (χ3n) is 6.28. The second-order valence-corrected chi connectivity index (χ2v) is 8.72. The van der Waals surface area contributed by atoms with E-state index in [1.165, 1.54) is 19.3 Å². The van der Waals surface area contributed by atoms with Crippen LogP contribution in [0.3, 0.4) is 0 Å². The Kier molecular flexibility index (Phi) is 8.01. The number of nitrogens with one attached hydrogen (secondary N) is 3. The lowest BCUT2D eigenvalue weighted by Gasteiger charge is -2.29. The molecule has 2 aromatic carbocycles. The summed E-state index contributed by atoms with van der Waals surface area (Å²) in [6, 6.07) is 16.3. The van der Waals surface area contributed by atoms with Crippen molar-refractivity contribution in [2.75, 3.05) is 30.2 Å². The van der Waals surface area contributed by atoms with Crippen LogP contribution < -0.4 is 25.4 Å². The number of hydrogen-bond donors (Lipinski definition) is 3. The van der Waals surface area contributed by atoms with Gasteiger partial charge in [-0.1, -0.05) is 44.0 Å². The number of rotatable bonds is 10. The first-order valence-corrected chi connectivity index (χ1v) is 11.9. The van der Waals surface area contributed by atoms with E-state index in [0.717, 1.165) is 29.0 Å². The summed E-state index contributed by atoms with van der Waals surface area (Å²) in [6.07, 6.45) is 4.89. The van der Waals surface area contributed by atoms with Crippen LogP contribution in [0.2, 0.25) is 0 Å². The van der Waals surface area contributed by atoms with Gasteiger partial charge in [0.15, 0.2) is 0 Å². The van der Waals surface area contributed by atoms with Crippen molar-refractivity contribution in [2.45, 2.75) is 51.7 Å². The Morgan fingerprint density at radius 1 is 0.706 bits per heavy atom. The highest BCUT2D eigenvalue weighted by Crippen LogP contribution is 2.26. The summed E-state index contributed by atoms with van der Waals surface area (Å²) < 4.78 is 10.5. The molecule has 0 amide bonds. The van der Waals surface area contributed by atoms with Gasteiger partial charge in [0.2, 0.25) is 17.8 Å². The van der Waals surface area contributed by atoms with Crippen LogP contribution in [0.5, 0.6) is 11.5 Å². The maximum absolute atomic E-state index is 5.24. The number of hydrogen-bond acceptors (Lipinski definition) is 8. The molecule has 8 nitrogen and oxygen atoms in total. The Hall–Kier alpha value is -3.55. The summed E-state index contributed by atoms with van der Waals surface area (Å²) in [6.45, 7) is 3.50. The molecule has 1 aliphatic rings. The molecule has 0 bridgehead atoms. The zero-order valence-electron chi connectivity index (χ0n) is 20.2. The molecule has 3 aromatic rings. The van der Waals surface area contributed by atoms with Gasteiger partial charge in [-0.3, -0.25) is 0 Å². The highest BCUT2D eigenvalue weighted by Gasteiger charge is 2.22. The van der Waals surface area contributed by atoms with E-state index in [4.69, 9.17) is 9.47 Å². The average molecular weight is 463 g/mol. The van der Waals surface area contributed by atoms with Crippen molar-refractivity contribution in [3.8, 4) is 11.5 Å². The molecule has 34 heavy (non-hydrogen) atoms. The predicted octanol–water partition coefficient (Wildman–Crippen LogP) is 5.10. The molecule has 0 saturated heterocycles. The Morgan fingerprint density at radius 2 is 1.18 bits per heavy atom. The van der Waals surface area contributed by atoms with E-state index >= 15 is 0 Å². The van der Waals surface area contributed by atoms with Gasteiger partial charge >= 0.3 is 0 Å². The summed E-state index contributed by atoms with van der Waals surface area (Å²) in [5, 5.41) is 10.2. The highest BCUT2D eigenvalue weighted by atomic mass is 16.5. The van der Waals surface area contributed by atoms with E-state index in [-0.39, 0.29) is 0 Å². The quantitative estimate of drug-likeness (QED) is 0.383. The Balaban J connectivity index is 1.48. The molecule has 0 aliphatic heterocycles. The van der Waals surface area contributed by atoms with E-state index in [1.807, 2.05) is 48.5 Å². The molecule has 180 valence electrons. The zero-order chi connectivity index (χ0) is 23.8. The van der Waals surface area contributed by atoms with E-state index in [0.29, 0.717) is 42.9 Å². The van der Waals surface area contributed by atoms with E-state index in [2.05, 4.69) is 37.8 Å². The van der Waals surface area contributed by atoms with Gasteiger partial charge in [-0.15, -0.1) is 0 Å². The summed E-state index contributed by atoms with van der Waals surface area (Å²) in [7, 11) is 3.33. The smallest absolute Gasteiger partial charge is 0.229 e. The molecule has 0 spiro atoms. The van der Waals surface area contributed by atoms with Gasteiger partial charge in [0, 0.05) is 19.1 Å². The number of benzene rings is 2. The van der Waals surface area contributed by atoms with E-state index < -0.39 is 0 Å². The number of ether oxygens (including phenoxy) is 2. The SMILES string of the molecule is COc1ccc(CNc2nc(NCc3ccc(OC)cc3)nc(NC3CCCCC3C)n2)cc1. The molecule has 1 fully saturated rings. The Bertz CT molecular complexity index is 972. The fourth-order valence-electron chi connectivity index (χ4n) is 4.14. The maximum atomic E-state index is 5.24. The van der Waals surface area contributed by atoms with Crippen molar-refractivity contribution in [2.24, 2.45) is 5.92 Å². The monoisotopic (exact) mass is 462 g/mol. The van der Waals surface area contributed by atoms with Crippen LogP contribution in [0.25, 0.3) is 0 Å². The van der Waals surface area contributed by atoms with Gasteiger partial charge in [0.1, 0.15) is 11.5 Å². The number of anilines is 3. The summed E-state index contributed by atoms with van der Waals surface area (Å²) in [5.41, 5.74) is 2.23. The molecule has 8 heteroatoms. The van der Waals surface area contributed by atoms with Crippen molar-refractivity contribution in [1.82, 2.24) is 15.0 Å². The molecular formula is C26H34N6O2. The van der Waals surface area contributed by atoms with Crippen molar-refractivity contribution in [3.05, 3.63) is 59.7 Å². The largest absolute Gasteiger partial charge is 0.497 e. The first-order valence-electron chi connectivity index (χ1n) is 11.9. The van der Waals surface area contributed by atoms with Crippen LogP contribution in [0, 0.1) is 5.92 Å². The van der Waals surface area contributed by atoms with Crippen LogP contribution in [0.1, 0.15) is 43.7 Å².